The van der Waals surface area contributed by atoms with Crippen molar-refractivity contribution in [1.29, 1.82) is 0 Å². The van der Waals surface area contributed by atoms with Gasteiger partial charge >= 0.3 is 6.03 Å². The highest BCUT2D eigenvalue weighted by molar-refractivity contribution is 6.03. The zero-order valence-electron chi connectivity index (χ0n) is 7.78. The van der Waals surface area contributed by atoms with Crippen molar-refractivity contribution in [2.45, 2.75) is 19.9 Å². The van der Waals surface area contributed by atoms with E-state index in [1.807, 2.05) is 6.92 Å². The van der Waals surface area contributed by atoms with Crippen molar-refractivity contribution in [2.24, 2.45) is 5.92 Å². The van der Waals surface area contributed by atoms with Gasteiger partial charge in [0.25, 0.3) is 5.91 Å². The molecule has 0 spiro atoms. The van der Waals surface area contributed by atoms with Crippen molar-refractivity contribution in [3.8, 4) is 0 Å². The van der Waals surface area contributed by atoms with Gasteiger partial charge in [-0.2, -0.15) is 0 Å². The molecule has 1 aliphatic heterocycles. The molecule has 13 heavy (non-hydrogen) atoms. The molecular formula is C8H14N2O3. The second-order valence-corrected chi connectivity index (χ2v) is 3.41. The van der Waals surface area contributed by atoms with Crippen LogP contribution < -0.4 is 5.32 Å². The maximum absolute atomic E-state index is 11.2. The predicted octanol–water partition coefficient (Wildman–Crippen LogP) is -0.445. The fourth-order valence-electron chi connectivity index (χ4n) is 1.23. The molecule has 2 N–H and O–H groups in total. The van der Waals surface area contributed by atoms with Gasteiger partial charge in [0.1, 0.15) is 6.04 Å². The first-order valence-corrected chi connectivity index (χ1v) is 4.28. The summed E-state index contributed by atoms with van der Waals surface area (Å²) < 4.78 is 0. The van der Waals surface area contributed by atoms with Gasteiger partial charge in [0.2, 0.25) is 0 Å². The van der Waals surface area contributed by atoms with Crippen LogP contribution in [-0.2, 0) is 4.79 Å². The molecule has 5 heteroatoms. The van der Waals surface area contributed by atoms with E-state index in [1.165, 1.54) is 4.90 Å². The number of carbonyl (C=O) groups is 2. The molecule has 5 nitrogen and oxygen atoms in total. The Hall–Kier alpha value is -1.10. The summed E-state index contributed by atoms with van der Waals surface area (Å²) in [4.78, 5) is 23.6. The average Bonchev–Trinajstić information content (AvgIpc) is 2.32. The van der Waals surface area contributed by atoms with Crippen molar-refractivity contribution < 1.29 is 14.7 Å². The lowest BCUT2D eigenvalue weighted by Crippen LogP contribution is -2.37. The van der Waals surface area contributed by atoms with Crippen LogP contribution in [0.5, 0.6) is 0 Å². The number of rotatable bonds is 3. The van der Waals surface area contributed by atoms with E-state index in [4.69, 9.17) is 5.11 Å². The first-order valence-electron chi connectivity index (χ1n) is 4.28. The first kappa shape index (κ1) is 9.98. The Kier molecular flexibility index (Phi) is 2.87. The van der Waals surface area contributed by atoms with E-state index < -0.39 is 6.04 Å². The van der Waals surface area contributed by atoms with Gasteiger partial charge in [-0.1, -0.05) is 6.92 Å². The SMILES string of the molecule is CC(CO)CN1C(=O)NC(=O)C1C. The van der Waals surface area contributed by atoms with E-state index in [9.17, 15) is 9.59 Å². The lowest BCUT2D eigenvalue weighted by molar-refractivity contribution is -0.121. The molecule has 0 radical (unpaired) electrons. The van der Waals surface area contributed by atoms with Gasteiger partial charge in [-0.05, 0) is 12.8 Å². The summed E-state index contributed by atoms with van der Waals surface area (Å²) in [6.07, 6.45) is 0. The van der Waals surface area contributed by atoms with Crippen molar-refractivity contribution in [3.05, 3.63) is 0 Å². The summed E-state index contributed by atoms with van der Waals surface area (Å²) >= 11 is 0. The number of urea groups is 1. The van der Waals surface area contributed by atoms with Gasteiger partial charge in [-0.15, -0.1) is 0 Å². The van der Waals surface area contributed by atoms with E-state index in [0.29, 0.717) is 6.54 Å². The predicted molar refractivity (Wildman–Crippen MR) is 46.0 cm³/mol. The summed E-state index contributed by atoms with van der Waals surface area (Å²) in [5, 5.41) is 11.0. The van der Waals surface area contributed by atoms with Crippen LogP contribution in [0.2, 0.25) is 0 Å². The lowest BCUT2D eigenvalue weighted by atomic mass is 10.1. The highest BCUT2D eigenvalue weighted by Gasteiger charge is 2.35. The number of carbonyl (C=O) groups excluding carboxylic acids is 2. The third kappa shape index (κ3) is 1.98. The van der Waals surface area contributed by atoms with E-state index in [1.54, 1.807) is 6.92 Å². The average molecular weight is 186 g/mol. The Morgan fingerprint density at radius 3 is 2.62 bits per heavy atom. The van der Waals surface area contributed by atoms with Crippen LogP contribution >= 0.6 is 0 Å². The van der Waals surface area contributed by atoms with Gasteiger partial charge in [0.05, 0.1) is 0 Å². The molecule has 0 aromatic heterocycles. The first-order chi connectivity index (χ1) is 6.06. The van der Waals surface area contributed by atoms with Crippen molar-refractivity contribution in [1.82, 2.24) is 10.2 Å². The molecule has 0 aromatic rings. The quantitative estimate of drug-likeness (QED) is 0.587. The number of imide groups is 1. The Morgan fingerprint density at radius 1 is 1.62 bits per heavy atom. The number of nitrogens with one attached hydrogen (secondary N) is 1. The van der Waals surface area contributed by atoms with Crippen molar-refractivity contribution >= 4 is 11.9 Å². The van der Waals surface area contributed by atoms with Gasteiger partial charge in [0.15, 0.2) is 0 Å². The van der Waals surface area contributed by atoms with Crippen LogP contribution in [0.4, 0.5) is 4.79 Å². The second-order valence-electron chi connectivity index (χ2n) is 3.41. The molecule has 2 unspecified atom stereocenters. The smallest absolute Gasteiger partial charge is 0.324 e. The van der Waals surface area contributed by atoms with Crippen molar-refractivity contribution in [3.63, 3.8) is 0 Å². The van der Waals surface area contributed by atoms with Gasteiger partial charge in [0, 0.05) is 13.2 Å². The van der Waals surface area contributed by atoms with E-state index >= 15 is 0 Å². The number of hydrogen-bond acceptors (Lipinski definition) is 3. The third-order valence-electron chi connectivity index (χ3n) is 2.16. The van der Waals surface area contributed by atoms with E-state index in [2.05, 4.69) is 5.32 Å². The molecule has 1 fully saturated rings. The summed E-state index contributed by atoms with van der Waals surface area (Å²) in [6, 6.07) is -0.778. The minimum Gasteiger partial charge on any atom is -0.396 e. The molecule has 1 rings (SSSR count). The number of amides is 3. The molecule has 1 heterocycles. The van der Waals surface area contributed by atoms with Gasteiger partial charge in [-0.3, -0.25) is 10.1 Å². The van der Waals surface area contributed by atoms with Crippen molar-refractivity contribution in [2.75, 3.05) is 13.2 Å². The molecule has 1 aliphatic rings. The minimum atomic E-state index is -0.415. The Morgan fingerprint density at radius 2 is 2.23 bits per heavy atom. The van der Waals surface area contributed by atoms with E-state index in [0.717, 1.165) is 0 Å². The van der Waals surface area contributed by atoms with E-state index in [-0.39, 0.29) is 24.5 Å². The zero-order valence-corrected chi connectivity index (χ0v) is 7.78. The molecule has 0 aromatic carbocycles. The van der Waals surface area contributed by atoms with Gasteiger partial charge < -0.3 is 10.0 Å². The molecule has 3 amide bonds. The topological polar surface area (TPSA) is 69.6 Å². The summed E-state index contributed by atoms with van der Waals surface area (Å²) in [5.41, 5.74) is 0. The molecule has 0 saturated carbocycles. The summed E-state index contributed by atoms with van der Waals surface area (Å²) in [7, 11) is 0. The number of nitrogens with zero attached hydrogens (tertiary/aromatic N) is 1. The highest BCUT2D eigenvalue weighted by atomic mass is 16.3. The van der Waals surface area contributed by atoms with Gasteiger partial charge in [-0.25, -0.2) is 4.79 Å². The van der Waals surface area contributed by atoms with Crippen LogP contribution in [0.25, 0.3) is 0 Å². The molecule has 0 aliphatic carbocycles. The molecule has 2 atom stereocenters. The zero-order chi connectivity index (χ0) is 10.0. The largest absolute Gasteiger partial charge is 0.396 e. The molecule has 74 valence electrons. The summed E-state index contributed by atoms with van der Waals surface area (Å²) in [6.45, 7) is 3.92. The minimum absolute atomic E-state index is 0.000833. The van der Waals surface area contributed by atoms with Crippen LogP contribution in [0.1, 0.15) is 13.8 Å². The lowest BCUT2D eigenvalue weighted by Gasteiger charge is -2.21. The Bertz CT molecular complexity index is 229. The fourth-order valence-corrected chi connectivity index (χ4v) is 1.23. The maximum atomic E-state index is 11.2. The Balaban J connectivity index is 2.58. The molecular weight excluding hydrogens is 172 g/mol. The fraction of sp³-hybridized carbons (Fsp3) is 0.750. The maximum Gasteiger partial charge on any atom is 0.324 e. The van der Waals surface area contributed by atoms with Crippen LogP contribution in [0, 0.1) is 5.92 Å². The van der Waals surface area contributed by atoms with Crippen LogP contribution in [-0.4, -0.2) is 41.1 Å². The number of hydrogen-bond donors (Lipinski definition) is 2. The molecule has 1 saturated heterocycles. The molecule has 0 bridgehead atoms. The third-order valence-corrected chi connectivity index (χ3v) is 2.16. The number of aliphatic hydroxyl groups is 1. The Labute approximate surface area is 76.7 Å². The van der Waals surface area contributed by atoms with Crippen LogP contribution in [0.15, 0.2) is 0 Å². The number of aliphatic hydroxyl groups excluding tert-OH is 1. The standard InChI is InChI=1S/C8H14N2O3/c1-5(4-11)3-10-6(2)7(12)9-8(10)13/h5-6,11H,3-4H2,1-2H3,(H,9,12,13). The second kappa shape index (κ2) is 3.74. The normalized spacial score (nSPS) is 24.8. The highest BCUT2D eigenvalue weighted by Crippen LogP contribution is 2.10. The van der Waals surface area contributed by atoms with Crippen LogP contribution in [0.3, 0.4) is 0 Å². The monoisotopic (exact) mass is 186 g/mol. The summed E-state index contributed by atoms with van der Waals surface area (Å²) in [5.74, 6) is -0.269.